The van der Waals surface area contributed by atoms with Crippen molar-refractivity contribution in [1.29, 1.82) is 0 Å². The molecule has 2 aliphatic carbocycles. The first-order valence-corrected chi connectivity index (χ1v) is 19.2. The van der Waals surface area contributed by atoms with Crippen LogP contribution in [0, 0.1) is 23.7 Å². The second kappa shape index (κ2) is 17.1. The maximum Gasteiger partial charge on any atom is 0.0340 e. The fourth-order valence-electron chi connectivity index (χ4n) is 8.82. The van der Waals surface area contributed by atoms with Crippen molar-refractivity contribution in [3.8, 4) is 22.3 Å². The molecule has 4 aromatic rings. The lowest BCUT2D eigenvalue weighted by Gasteiger charge is -2.46. The Bertz CT molecular complexity index is 1610. The van der Waals surface area contributed by atoms with Crippen LogP contribution in [0.4, 0.5) is 11.4 Å². The van der Waals surface area contributed by atoms with Gasteiger partial charge in [-0.2, -0.15) is 0 Å². The van der Waals surface area contributed by atoms with Crippen LogP contribution in [0.15, 0.2) is 122 Å². The third-order valence-electron chi connectivity index (χ3n) is 11.5. The van der Waals surface area contributed by atoms with Crippen LogP contribution < -0.4 is 10.6 Å². The van der Waals surface area contributed by atoms with Crippen LogP contribution in [-0.4, -0.2) is 13.1 Å². The Morgan fingerprint density at radius 1 is 0.592 bits per heavy atom. The van der Waals surface area contributed by atoms with Crippen LogP contribution in [0.2, 0.25) is 0 Å². The van der Waals surface area contributed by atoms with E-state index in [-0.39, 0.29) is 0 Å². The molecule has 0 amide bonds. The molecule has 2 N–H and O–H groups in total. The summed E-state index contributed by atoms with van der Waals surface area (Å²) in [7, 11) is 0. The summed E-state index contributed by atoms with van der Waals surface area (Å²) < 4.78 is 0. The first kappa shape index (κ1) is 34.8. The van der Waals surface area contributed by atoms with Crippen molar-refractivity contribution in [3.63, 3.8) is 0 Å². The molecule has 0 heterocycles. The van der Waals surface area contributed by atoms with Gasteiger partial charge in [0.05, 0.1) is 0 Å². The summed E-state index contributed by atoms with van der Waals surface area (Å²) in [5, 5.41) is 6.99. The average molecular weight is 651 g/mol. The Labute approximate surface area is 297 Å². The van der Waals surface area contributed by atoms with Gasteiger partial charge in [-0.05, 0) is 151 Å². The Morgan fingerprint density at radius 2 is 1.10 bits per heavy atom. The molecule has 49 heavy (non-hydrogen) atoms. The van der Waals surface area contributed by atoms with Gasteiger partial charge < -0.3 is 10.6 Å². The maximum atomic E-state index is 4.28. The smallest absolute Gasteiger partial charge is 0.0340 e. The molecule has 2 aliphatic rings. The quantitative estimate of drug-likeness (QED) is 0.141. The van der Waals surface area contributed by atoms with Crippen molar-refractivity contribution < 1.29 is 0 Å². The molecule has 6 unspecified atom stereocenters. The average Bonchev–Trinajstić information content (AvgIpc) is 3.17. The zero-order chi connectivity index (χ0) is 34.0. The van der Waals surface area contributed by atoms with E-state index in [1.54, 1.807) is 0 Å². The van der Waals surface area contributed by atoms with E-state index < -0.39 is 0 Å². The molecular formula is C47H58N2. The van der Waals surface area contributed by atoms with Crippen LogP contribution in [-0.2, 0) is 0 Å². The molecule has 0 aliphatic heterocycles. The summed E-state index contributed by atoms with van der Waals surface area (Å²) in [5.41, 5.74) is 10.6. The number of hydrogen-bond donors (Lipinski definition) is 2. The van der Waals surface area contributed by atoms with Crippen LogP contribution in [0.1, 0.15) is 95.1 Å². The van der Waals surface area contributed by atoms with E-state index >= 15 is 0 Å². The first-order chi connectivity index (χ1) is 24.1. The van der Waals surface area contributed by atoms with Gasteiger partial charge in [-0.1, -0.05) is 105 Å². The summed E-state index contributed by atoms with van der Waals surface area (Å²) in [6.45, 7) is 12.9. The van der Waals surface area contributed by atoms with Crippen molar-refractivity contribution >= 4 is 11.4 Å². The van der Waals surface area contributed by atoms with Crippen molar-refractivity contribution in [2.75, 3.05) is 23.7 Å². The summed E-state index contributed by atoms with van der Waals surface area (Å²) in [5.74, 6) is 3.82. The molecule has 2 heteroatoms. The lowest BCUT2D eigenvalue weighted by atomic mass is 9.58. The first-order valence-electron chi connectivity index (χ1n) is 19.2. The molecule has 2 nitrogen and oxygen atoms in total. The number of benzene rings is 4. The Hall–Kier alpha value is -4.04. The molecule has 0 spiro atoms. The SMILES string of the molecule is C=CC1CCC(c2ccc(-c3ccc(NCCC)cc3)cc2)C(C2CC(c3ccc(-c4ccc(NCCC)cc4)cc3)CCC2/C=C/C)C1. The predicted molar refractivity (Wildman–Crippen MR) is 213 cm³/mol. The van der Waals surface area contributed by atoms with Gasteiger partial charge in [-0.15, -0.1) is 6.58 Å². The molecule has 6 atom stereocenters. The number of allylic oxidation sites excluding steroid dienone is 3. The van der Waals surface area contributed by atoms with Crippen LogP contribution in [0.3, 0.4) is 0 Å². The van der Waals surface area contributed by atoms with E-state index in [1.165, 1.54) is 83.3 Å². The summed E-state index contributed by atoms with van der Waals surface area (Å²) >= 11 is 0. The molecule has 4 aromatic carbocycles. The Kier molecular flexibility index (Phi) is 12.1. The van der Waals surface area contributed by atoms with Gasteiger partial charge in [0, 0.05) is 24.5 Å². The van der Waals surface area contributed by atoms with Gasteiger partial charge in [-0.25, -0.2) is 0 Å². The molecule has 256 valence electrons. The molecule has 6 rings (SSSR count). The van der Waals surface area contributed by atoms with Gasteiger partial charge in [0.15, 0.2) is 0 Å². The van der Waals surface area contributed by atoms with Gasteiger partial charge >= 0.3 is 0 Å². The van der Waals surface area contributed by atoms with E-state index in [0.29, 0.717) is 35.5 Å². The molecule has 2 saturated carbocycles. The van der Waals surface area contributed by atoms with Crippen molar-refractivity contribution in [3.05, 3.63) is 133 Å². The highest BCUT2D eigenvalue weighted by Gasteiger charge is 2.41. The van der Waals surface area contributed by atoms with Crippen molar-refractivity contribution in [1.82, 2.24) is 0 Å². The highest BCUT2D eigenvalue weighted by molar-refractivity contribution is 5.67. The minimum absolute atomic E-state index is 0.597. The zero-order valence-electron chi connectivity index (χ0n) is 30.2. The molecule has 0 radical (unpaired) electrons. The fourth-order valence-corrected chi connectivity index (χ4v) is 8.82. The summed E-state index contributed by atoms with van der Waals surface area (Å²) in [6, 6.07) is 37.0. The van der Waals surface area contributed by atoms with E-state index in [1.807, 2.05) is 0 Å². The normalized spacial score (nSPS) is 24.1. The number of rotatable bonds is 13. The Morgan fingerprint density at radius 3 is 1.59 bits per heavy atom. The fraction of sp³-hybridized carbons (Fsp3) is 0.404. The van der Waals surface area contributed by atoms with E-state index in [0.717, 1.165) is 25.9 Å². The largest absolute Gasteiger partial charge is 0.385 e. The monoisotopic (exact) mass is 650 g/mol. The van der Waals surface area contributed by atoms with Crippen LogP contribution in [0.5, 0.6) is 0 Å². The van der Waals surface area contributed by atoms with Gasteiger partial charge in [0.1, 0.15) is 0 Å². The summed E-state index contributed by atoms with van der Waals surface area (Å²) in [4.78, 5) is 0. The lowest BCUT2D eigenvalue weighted by Crippen LogP contribution is -2.36. The number of anilines is 2. The highest BCUT2D eigenvalue weighted by atomic mass is 14.9. The van der Waals surface area contributed by atoms with Gasteiger partial charge in [0.25, 0.3) is 0 Å². The van der Waals surface area contributed by atoms with Gasteiger partial charge in [0.2, 0.25) is 0 Å². The van der Waals surface area contributed by atoms with Crippen molar-refractivity contribution in [2.24, 2.45) is 23.7 Å². The number of nitrogens with one attached hydrogen (secondary N) is 2. The predicted octanol–water partition coefficient (Wildman–Crippen LogP) is 13.1. The zero-order valence-corrected chi connectivity index (χ0v) is 30.2. The summed E-state index contributed by atoms with van der Waals surface area (Å²) in [6.07, 6.45) is 17.0. The third-order valence-corrected chi connectivity index (χ3v) is 11.5. The van der Waals surface area contributed by atoms with Crippen LogP contribution >= 0.6 is 0 Å². The second-order valence-corrected chi connectivity index (χ2v) is 14.7. The molecular weight excluding hydrogens is 593 g/mol. The third kappa shape index (κ3) is 8.58. The Balaban J connectivity index is 1.20. The molecule has 0 saturated heterocycles. The minimum Gasteiger partial charge on any atom is -0.385 e. The van der Waals surface area contributed by atoms with Crippen LogP contribution in [0.25, 0.3) is 22.3 Å². The minimum atomic E-state index is 0.597. The topological polar surface area (TPSA) is 24.1 Å². The molecule has 0 bridgehead atoms. The number of hydrogen-bond acceptors (Lipinski definition) is 2. The van der Waals surface area contributed by atoms with E-state index in [9.17, 15) is 0 Å². The maximum absolute atomic E-state index is 4.28. The standard InChI is InChI=1S/C47H58N2/c1-5-9-40-19-20-42(39-13-11-35(12-14-39)37-21-25-43(26-22-37)48-30-6-2)33-46(40)47-32-34(8-4)10-29-45(47)41-17-15-36(16-18-41)38-23-27-44(28-24-38)49-31-7-3/h5,8-9,11-18,21-28,34,40,42,45-49H,4,6-7,10,19-20,29-33H2,1-3H3/b9-5+. The van der Waals surface area contributed by atoms with Gasteiger partial charge in [-0.3, -0.25) is 0 Å². The van der Waals surface area contributed by atoms with Crippen molar-refractivity contribution in [2.45, 2.75) is 84.0 Å². The van der Waals surface area contributed by atoms with E-state index in [4.69, 9.17) is 0 Å². The highest BCUT2D eigenvalue weighted by Crippen LogP contribution is 2.53. The molecule has 0 aromatic heterocycles. The molecule has 2 fully saturated rings. The second-order valence-electron chi connectivity index (χ2n) is 14.7. The van der Waals surface area contributed by atoms with E-state index in [2.05, 4.69) is 153 Å². The lowest BCUT2D eigenvalue weighted by molar-refractivity contribution is 0.109.